The number of esters is 1. The minimum Gasteiger partial charge on any atom is -0.457 e. The first kappa shape index (κ1) is 15.8. The summed E-state index contributed by atoms with van der Waals surface area (Å²) in [5.41, 5.74) is 2.20. The van der Waals surface area contributed by atoms with E-state index in [2.05, 4.69) is 33.4 Å². The molecule has 0 bridgehead atoms. The Labute approximate surface area is 119 Å². The maximum Gasteiger partial charge on any atom is 0.310 e. The van der Waals surface area contributed by atoms with Crippen molar-refractivity contribution in [2.24, 2.45) is 0 Å². The van der Waals surface area contributed by atoms with Gasteiger partial charge in [0.1, 0.15) is 0 Å². The predicted molar refractivity (Wildman–Crippen MR) is 78.7 cm³/mol. The van der Waals surface area contributed by atoms with Crippen molar-refractivity contribution in [3.63, 3.8) is 0 Å². The van der Waals surface area contributed by atoms with Gasteiger partial charge < -0.3 is 4.74 Å². The van der Waals surface area contributed by atoms with Gasteiger partial charge >= 0.3 is 5.97 Å². The van der Waals surface area contributed by atoms with E-state index in [-0.39, 0.29) is 30.0 Å². The predicted octanol–water partition coefficient (Wildman–Crippen LogP) is 2.57. The van der Waals surface area contributed by atoms with E-state index >= 15 is 0 Å². The molecule has 0 radical (unpaired) electrons. The molecule has 0 unspecified atom stereocenters. The van der Waals surface area contributed by atoms with Crippen molar-refractivity contribution in [3.05, 3.63) is 35.4 Å². The summed E-state index contributed by atoms with van der Waals surface area (Å²) in [5.74, 6) is -0.494. The third kappa shape index (κ3) is 5.47. The molecule has 0 aliphatic carbocycles. The zero-order valence-electron chi connectivity index (χ0n) is 11.6. The molecule has 0 fully saturated rings. The highest BCUT2D eigenvalue weighted by Crippen LogP contribution is 2.22. The Morgan fingerprint density at radius 3 is 2.21 bits per heavy atom. The van der Waals surface area contributed by atoms with E-state index in [0.717, 1.165) is 5.56 Å². The number of benzene rings is 1. The van der Waals surface area contributed by atoms with Gasteiger partial charge in [-0.3, -0.25) is 9.59 Å². The maximum absolute atomic E-state index is 11.5. The van der Waals surface area contributed by atoms with Gasteiger partial charge in [0.25, 0.3) is 0 Å². The summed E-state index contributed by atoms with van der Waals surface area (Å²) in [5, 5.41) is 0. The molecular weight excluding hydrogens is 260 g/mol. The normalized spacial score (nSPS) is 11.2. The van der Waals surface area contributed by atoms with E-state index in [1.807, 2.05) is 24.3 Å². The van der Waals surface area contributed by atoms with Crippen LogP contribution in [0.15, 0.2) is 24.3 Å². The van der Waals surface area contributed by atoms with Crippen molar-refractivity contribution in [1.29, 1.82) is 0 Å². The monoisotopic (exact) mass is 280 g/mol. The average Bonchev–Trinajstić information content (AvgIpc) is 2.35. The Morgan fingerprint density at radius 1 is 1.16 bits per heavy atom. The molecule has 0 aliphatic rings. The van der Waals surface area contributed by atoms with E-state index in [9.17, 15) is 9.59 Å². The molecule has 19 heavy (non-hydrogen) atoms. The number of rotatable bonds is 5. The quantitative estimate of drug-likeness (QED) is 0.666. The van der Waals surface area contributed by atoms with Gasteiger partial charge in [-0.15, -0.1) is 0 Å². The Morgan fingerprint density at radius 2 is 1.74 bits per heavy atom. The molecule has 104 valence electrons. The average molecular weight is 280 g/mol. The molecule has 0 saturated heterocycles. The summed E-state index contributed by atoms with van der Waals surface area (Å²) in [7, 11) is 0. The highest BCUT2D eigenvalue weighted by molar-refractivity contribution is 7.81. The number of carbonyl (C=O) groups excluding carboxylic acids is 2. The van der Waals surface area contributed by atoms with Crippen LogP contribution in [0.4, 0.5) is 0 Å². The molecule has 0 N–H and O–H groups in total. The first-order valence-corrected chi connectivity index (χ1v) is 6.84. The second kappa shape index (κ2) is 6.75. The number of ketones is 1. The summed E-state index contributed by atoms with van der Waals surface area (Å²) in [4.78, 5) is 22.5. The lowest BCUT2D eigenvalue weighted by Crippen LogP contribution is -2.16. The van der Waals surface area contributed by atoms with Crippen LogP contribution in [0, 0.1) is 0 Å². The lowest BCUT2D eigenvalue weighted by molar-refractivity contribution is -0.146. The zero-order chi connectivity index (χ0) is 14.5. The van der Waals surface area contributed by atoms with Crippen molar-refractivity contribution < 1.29 is 14.3 Å². The summed E-state index contributed by atoms with van der Waals surface area (Å²) in [6.45, 7) is 6.22. The van der Waals surface area contributed by atoms with Crippen molar-refractivity contribution in [2.45, 2.75) is 32.6 Å². The van der Waals surface area contributed by atoms with Crippen LogP contribution in [0.5, 0.6) is 0 Å². The number of Topliss-reactive ketones (excluding diaryl/α,β-unsaturated/α-hetero) is 1. The fourth-order valence-corrected chi connectivity index (χ4v) is 1.64. The van der Waals surface area contributed by atoms with Gasteiger partial charge in [-0.25, -0.2) is 0 Å². The molecule has 0 aromatic heterocycles. The first-order chi connectivity index (χ1) is 8.82. The Bertz CT molecular complexity index is 443. The van der Waals surface area contributed by atoms with Crippen LogP contribution in [0.2, 0.25) is 0 Å². The van der Waals surface area contributed by atoms with Crippen LogP contribution in [0.25, 0.3) is 0 Å². The van der Waals surface area contributed by atoms with Gasteiger partial charge in [0.15, 0.2) is 12.4 Å². The van der Waals surface area contributed by atoms with Crippen LogP contribution < -0.4 is 0 Å². The largest absolute Gasteiger partial charge is 0.457 e. The summed E-state index contributed by atoms with van der Waals surface area (Å²) < 4.78 is 4.86. The summed E-state index contributed by atoms with van der Waals surface area (Å²) >= 11 is 3.81. The Kier molecular flexibility index (Phi) is 5.60. The smallest absolute Gasteiger partial charge is 0.310 e. The molecule has 4 heteroatoms. The first-order valence-electron chi connectivity index (χ1n) is 6.20. The topological polar surface area (TPSA) is 43.4 Å². The van der Waals surface area contributed by atoms with Crippen LogP contribution in [-0.2, 0) is 26.2 Å². The Balaban J connectivity index is 2.54. The second-order valence-electron chi connectivity index (χ2n) is 5.48. The van der Waals surface area contributed by atoms with Gasteiger partial charge in [-0.05, 0) is 16.5 Å². The van der Waals surface area contributed by atoms with Crippen LogP contribution >= 0.6 is 12.6 Å². The van der Waals surface area contributed by atoms with E-state index in [4.69, 9.17) is 4.74 Å². The van der Waals surface area contributed by atoms with Gasteiger partial charge in [-0.2, -0.15) is 12.6 Å². The second-order valence-corrected chi connectivity index (χ2v) is 5.80. The van der Waals surface area contributed by atoms with E-state index in [1.165, 1.54) is 5.56 Å². The number of hydrogen-bond acceptors (Lipinski definition) is 4. The van der Waals surface area contributed by atoms with Crippen molar-refractivity contribution >= 4 is 24.4 Å². The molecule has 0 heterocycles. The van der Waals surface area contributed by atoms with Gasteiger partial charge in [0.2, 0.25) is 0 Å². The summed E-state index contributed by atoms with van der Waals surface area (Å²) in [6.07, 6.45) is 0.185. The molecule has 0 spiro atoms. The number of thiol groups is 1. The zero-order valence-corrected chi connectivity index (χ0v) is 12.5. The molecule has 0 saturated carbocycles. The summed E-state index contributed by atoms with van der Waals surface area (Å²) in [6, 6.07) is 7.87. The van der Waals surface area contributed by atoms with Crippen molar-refractivity contribution in [2.75, 3.05) is 12.4 Å². The SMILES string of the molecule is CC(C)(C)c1ccc(CC(=O)OCC(=O)CS)cc1. The molecule has 0 aliphatic heterocycles. The maximum atomic E-state index is 11.5. The minimum absolute atomic E-state index is 0.0908. The van der Waals surface area contributed by atoms with Crippen LogP contribution in [0.1, 0.15) is 31.9 Å². The van der Waals surface area contributed by atoms with E-state index in [1.54, 1.807) is 0 Å². The minimum atomic E-state index is -0.390. The van der Waals surface area contributed by atoms with Crippen LogP contribution in [0.3, 0.4) is 0 Å². The van der Waals surface area contributed by atoms with Gasteiger partial charge in [0, 0.05) is 0 Å². The van der Waals surface area contributed by atoms with Gasteiger partial charge in [-0.1, -0.05) is 45.0 Å². The van der Waals surface area contributed by atoms with Crippen molar-refractivity contribution in [1.82, 2.24) is 0 Å². The molecule has 0 amide bonds. The third-order valence-corrected chi connectivity index (χ3v) is 3.09. The molecular formula is C15H20O3S. The van der Waals surface area contributed by atoms with Crippen LogP contribution in [-0.4, -0.2) is 24.1 Å². The standard InChI is InChI=1S/C15H20O3S/c1-15(2,3)12-6-4-11(5-7-12)8-14(17)18-9-13(16)10-19/h4-7,19H,8-10H2,1-3H3. The lowest BCUT2D eigenvalue weighted by atomic mass is 9.86. The fraction of sp³-hybridized carbons (Fsp3) is 0.467. The number of carbonyl (C=O) groups is 2. The van der Waals surface area contributed by atoms with Crippen molar-refractivity contribution in [3.8, 4) is 0 Å². The molecule has 1 aromatic rings. The van der Waals surface area contributed by atoms with Gasteiger partial charge in [0.05, 0.1) is 12.2 Å². The molecule has 1 rings (SSSR count). The van der Waals surface area contributed by atoms with E-state index in [0.29, 0.717) is 0 Å². The fourth-order valence-electron chi connectivity index (χ4n) is 1.55. The molecule has 0 atom stereocenters. The number of hydrogen-bond donors (Lipinski definition) is 1. The van der Waals surface area contributed by atoms with E-state index < -0.39 is 5.97 Å². The molecule has 1 aromatic carbocycles. The number of ether oxygens (including phenoxy) is 1. The lowest BCUT2D eigenvalue weighted by Gasteiger charge is -2.19. The highest BCUT2D eigenvalue weighted by atomic mass is 32.1. The third-order valence-electron chi connectivity index (χ3n) is 2.74. The Hall–Kier alpha value is -1.29. The highest BCUT2D eigenvalue weighted by Gasteiger charge is 2.13. The molecule has 3 nitrogen and oxygen atoms in total.